The normalized spacial score (nSPS) is 11.8. The quantitative estimate of drug-likeness (QED) is 0.753. The molecule has 0 aliphatic carbocycles. The molecule has 114 valence electrons. The van der Waals surface area contributed by atoms with Gasteiger partial charge in [0.1, 0.15) is 14.8 Å². The highest BCUT2D eigenvalue weighted by molar-refractivity contribution is 7.91. The molecule has 9 heteroatoms. The molecule has 0 bridgehead atoms. The van der Waals surface area contributed by atoms with Gasteiger partial charge in [0.05, 0.1) is 5.69 Å². The van der Waals surface area contributed by atoms with Crippen molar-refractivity contribution in [1.29, 1.82) is 0 Å². The Morgan fingerprint density at radius 2 is 1.80 bits per heavy atom. The Bertz CT molecular complexity index is 607. The Hall–Kier alpha value is -1.32. The predicted octanol–water partition coefficient (Wildman–Crippen LogP) is -0.169. The number of hydrogen-bond acceptors (Lipinski definition) is 7. The highest BCUT2D eigenvalue weighted by Gasteiger charge is 2.27. The predicted molar refractivity (Wildman–Crippen MR) is 82.2 cm³/mol. The van der Waals surface area contributed by atoms with Gasteiger partial charge in [0.25, 0.3) is 5.91 Å². The molecule has 0 aromatic carbocycles. The van der Waals surface area contributed by atoms with Crippen molar-refractivity contribution < 1.29 is 13.2 Å². The molecule has 0 spiro atoms. The van der Waals surface area contributed by atoms with Gasteiger partial charge in [0, 0.05) is 26.4 Å². The third-order valence-corrected chi connectivity index (χ3v) is 5.32. The molecule has 0 radical (unpaired) electrons. The minimum atomic E-state index is -3.54. The van der Waals surface area contributed by atoms with Crippen molar-refractivity contribution in [3.8, 4) is 0 Å². The summed E-state index contributed by atoms with van der Waals surface area (Å²) in [5.41, 5.74) is 11.0. The molecule has 0 fully saturated rings. The van der Waals surface area contributed by atoms with Crippen LogP contribution in [0.3, 0.4) is 0 Å². The second-order valence-electron chi connectivity index (χ2n) is 4.84. The fourth-order valence-electron chi connectivity index (χ4n) is 1.66. The van der Waals surface area contributed by atoms with E-state index in [1.807, 2.05) is 19.0 Å². The summed E-state index contributed by atoms with van der Waals surface area (Å²) >= 11 is 1.01. The Morgan fingerprint density at radius 1 is 1.25 bits per heavy atom. The largest absolute Gasteiger partial charge is 0.396 e. The molecular weight excluding hydrogens is 300 g/mol. The maximum absolute atomic E-state index is 11.9. The van der Waals surface area contributed by atoms with Crippen LogP contribution >= 0.6 is 11.3 Å². The second-order valence-corrected chi connectivity index (χ2v) is 7.79. The summed E-state index contributed by atoms with van der Waals surface area (Å²) in [6.07, 6.45) is 1.07. The van der Waals surface area contributed by atoms with Crippen molar-refractivity contribution in [2.75, 3.05) is 51.1 Å². The molecule has 1 aromatic rings. The first kappa shape index (κ1) is 16.7. The highest BCUT2D eigenvalue weighted by Crippen LogP contribution is 2.40. The third kappa shape index (κ3) is 3.62. The summed E-state index contributed by atoms with van der Waals surface area (Å²) < 4.78 is 23.8. The SMILES string of the molecule is CN(C)CCN(C)c1sc(C(N)=O)c(N)c1S(C)(=O)=O. The van der Waals surface area contributed by atoms with Crippen LogP contribution in [0.5, 0.6) is 0 Å². The average Bonchev–Trinajstić information content (AvgIpc) is 2.63. The van der Waals surface area contributed by atoms with Crippen molar-refractivity contribution in [3.05, 3.63) is 4.88 Å². The molecule has 0 aliphatic rings. The van der Waals surface area contributed by atoms with Crippen LogP contribution in [-0.2, 0) is 9.84 Å². The number of hydrogen-bond donors (Lipinski definition) is 2. The van der Waals surface area contributed by atoms with E-state index in [4.69, 9.17) is 11.5 Å². The first-order chi connectivity index (χ1) is 9.05. The van der Waals surface area contributed by atoms with Crippen molar-refractivity contribution >= 4 is 37.8 Å². The van der Waals surface area contributed by atoms with Crippen LogP contribution < -0.4 is 16.4 Å². The van der Waals surface area contributed by atoms with Gasteiger partial charge in [-0.2, -0.15) is 0 Å². The lowest BCUT2D eigenvalue weighted by atomic mass is 10.3. The van der Waals surface area contributed by atoms with Crippen molar-refractivity contribution in [2.45, 2.75) is 4.90 Å². The number of primary amides is 1. The zero-order chi connectivity index (χ0) is 15.7. The third-order valence-electron chi connectivity index (χ3n) is 2.71. The number of carbonyl (C=O) groups excluding carboxylic acids is 1. The van der Waals surface area contributed by atoms with Gasteiger partial charge in [0.2, 0.25) is 0 Å². The lowest BCUT2D eigenvalue weighted by molar-refractivity contribution is 0.100. The number of amides is 1. The number of likely N-dealkylation sites (N-methyl/N-ethyl adjacent to an activating group) is 2. The molecule has 0 saturated heterocycles. The van der Waals surface area contributed by atoms with Gasteiger partial charge >= 0.3 is 0 Å². The molecule has 4 N–H and O–H groups in total. The second kappa shape index (κ2) is 5.98. The van der Waals surface area contributed by atoms with Gasteiger partial charge in [-0.3, -0.25) is 4.79 Å². The fraction of sp³-hybridized carbons (Fsp3) is 0.545. The van der Waals surface area contributed by atoms with E-state index >= 15 is 0 Å². The van der Waals surface area contributed by atoms with Crippen LogP contribution in [0.15, 0.2) is 4.90 Å². The number of nitrogens with zero attached hydrogens (tertiary/aromatic N) is 2. The van der Waals surface area contributed by atoms with E-state index < -0.39 is 15.7 Å². The summed E-state index contributed by atoms with van der Waals surface area (Å²) in [4.78, 5) is 15.1. The van der Waals surface area contributed by atoms with Crippen molar-refractivity contribution in [1.82, 2.24) is 4.90 Å². The minimum absolute atomic E-state index is 0.0162. The van der Waals surface area contributed by atoms with Gasteiger partial charge in [-0.1, -0.05) is 0 Å². The van der Waals surface area contributed by atoms with E-state index in [0.29, 0.717) is 11.5 Å². The number of anilines is 2. The summed E-state index contributed by atoms with van der Waals surface area (Å²) in [7, 11) is 2.06. The Morgan fingerprint density at radius 3 is 2.20 bits per heavy atom. The molecule has 1 heterocycles. The molecule has 7 nitrogen and oxygen atoms in total. The molecule has 20 heavy (non-hydrogen) atoms. The zero-order valence-corrected chi connectivity index (χ0v) is 13.6. The number of thiophene rings is 1. The summed E-state index contributed by atoms with van der Waals surface area (Å²) in [6.45, 7) is 1.34. The summed E-state index contributed by atoms with van der Waals surface area (Å²) in [6, 6.07) is 0. The smallest absolute Gasteiger partial charge is 0.261 e. The Labute approximate surface area is 123 Å². The molecule has 0 saturated carbocycles. The zero-order valence-electron chi connectivity index (χ0n) is 12.0. The lowest BCUT2D eigenvalue weighted by Gasteiger charge is -2.21. The standard InChI is InChI=1S/C11H20N4O3S2/c1-14(2)5-6-15(3)11-9(20(4,17)18)7(12)8(19-11)10(13)16/h5-6,12H2,1-4H3,(H2,13,16). The van der Waals surface area contributed by atoms with Crippen LogP contribution in [-0.4, -0.2) is 59.7 Å². The van der Waals surface area contributed by atoms with Crippen molar-refractivity contribution in [2.24, 2.45) is 5.73 Å². The Balaban J connectivity index is 3.31. The molecule has 0 atom stereocenters. The monoisotopic (exact) mass is 320 g/mol. The molecule has 0 unspecified atom stereocenters. The highest BCUT2D eigenvalue weighted by atomic mass is 32.2. The van der Waals surface area contributed by atoms with Gasteiger partial charge in [-0.05, 0) is 14.1 Å². The van der Waals surface area contributed by atoms with E-state index in [9.17, 15) is 13.2 Å². The van der Waals surface area contributed by atoms with Gasteiger partial charge in [-0.15, -0.1) is 11.3 Å². The van der Waals surface area contributed by atoms with Crippen LogP contribution in [0, 0.1) is 0 Å². The molecule has 1 amide bonds. The van der Waals surface area contributed by atoms with E-state index in [-0.39, 0.29) is 15.5 Å². The number of nitrogens with two attached hydrogens (primary N) is 2. The number of carbonyl (C=O) groups is 1. The van der Waals surface area contributed by atoms with Gasteiger partial charge in [-0.25, -0.2) is 8.42 Å². The topological polar surface area (TPSA) is 110 Å². The molecular formula is C11H20N4O3S2. The van der Waals surface area contributed by atoms with Gasteiger partial charge < -0.3 is 21.3 Å². The van der Waals surface area contributed by atoms with E-state index in [1.54, 1.807) is 11.9 Å². The minimum Gasteiger partial charge on any atom is -0.396 e. The summed E-state index contributed by atoms with van der Waals surface area (Å²) in [5.74, 6) is -0.718. The fourth-order valence-corrected chi connectivity index (χ4v) is 4.23. The van der Waals surface area contributed by atoms with Crippen LogP contribution in [0.1, 0.15) is 9.67 Å². The Kier molecular flexibility index (Phi) is 5.00. The first-order valence-electron chi connectivity index (χ1n) is 5.83. The maximum atomic E-state index is 11.9. The van der Waals surface area contributed by atoms with Crippen molar-refractivity contribution in [3.63, 3.8) is 0 Å². The van der Waals surface area contributed by atoms with Crippen LogP contribution in [0.4, 0.5) is 10.7 Å². The van der Waals surface area contributed by atoms with Crippen LogP contribution in [0.25, 0.3) is 0 Å². The van der Waals surface area contributed by atoms with E-state index in [1.165, 1.54) is 0 Å². The lowest BCUT2D eigenvalue weighted by Crippen LogP contribution is -2.28. The number of nitrogen functional groups attached to an aromatic ring is 1. The first-order valence-corrected chi connectivity index (χ1v) is 8.54. The molecule has 1 aromatic heterocycles. The van der Waals surface area contributed by atoms with E-state index in [2.05, 4.69) is 0 Å². The molecule has 1 rings (SSSR count). The van der Waals surface area contributed by atoms with Gasteiger partial charge in [0.15, 0.2) is 9.84 Å². The van der Waals surface area contributed by atoms with Crippen LogP contribution in [0.2, 0.25) is 0 Å². The number of rotatable bonds is 6. The average molecular weight is 320 g/mol. The maximum Gasteiger partial charge on any atom is 0.261 e. The molecule has 0 aliphatic heterocycles. The van der Waals surface area contributed by atoms with E-state index in [0.717, 1.165) is 24.1 Å². The summed E-state index contributed by atoms with van der Waals surface area (Å²) in [5, 5.41) is 0.445. The number of sulfone groups is 1.